The molecule has 0 saturated carbocycles. The third-order valence-electron chi connectivity index (χ3n) is 4.63. The van der Waals surface area contributed by atoms with Crippen LogP contribution in [0, 0.1) is 6.92 Å². The summed E-state index contributed by atoms with van der Waals surface area (Å²) in [4.78, 5) is 8.16. The van der Waals surface area contributed by atoms with Crippen molar-refractivity contribution in [1.29, 1.82) is 0 Å². The maximum atomic E-state index is 8.16. The van der Waals surface area contributed by atoms with Gasteiger partial charge in [0.1, 0.15) is 0 Å². The summed E-state index contributed by atoms with van der Waals surface area (Å²) in [5.41, 5.74) is 7.04. The summed E-state index contributed by atoms with van der Waals surface area (Å²) in [5.74, 6) is 0. The average Bonchev–Trinajstić information content (AvgIpc) is 2.99. The average molecular weight is 527 g/mol. The molecule has 156 valence electrons. The number of halogens is 2. The standard InChI is InChI=1S/C22H25.C2H7OSi.2ClH.Zr/c1-6-16-13-20-15(2)7-12-19(21(20)14-16)17-8-10-18(11-9-17)22(3,4)5;1-4(2)3;;;/h7-14H,6H2,1-5H3;3H,1-2H3;2*1H;/q-1;;;;+3/p-2. The van der Waals surface area contributed by atoms with E-state index in [9.17, 15) is 0 Å². The van der Waals surface area contributed by atoms with Crippen molar-refractivity contribution in [2.45, 2.75) is 59.5 Å². The minimum absolute atomic E-state index is 0. The van der Waals surface area contributed by atoms with Gasteiger partial charge >= 0.3 is 26.2 Å². The van der Waals surface area contributed by atoms with E-state index in [0.29, 0.717) is 0 Å². The number of aryl methyl sites for hydroxylation is 2. The Morgan fingerprint density at radius 1 is 0.966 bits per heavy atom. The number of rotatable bonds is 2. The van der Waals surface area contributed by atoms with Crippen molar-refractivity contribution in [3.63, 3.8) is 0 Å². The Kier molecular flexibility index (Phi) is 14.0. The van der Waals surface area contributed by atoms with Gasteiger partial charge in [-0.25, -0.2) is 0 Å². The van der Waals surface area contributed by atoms with Gasteiger partial charge in [0.2, 0.25) is 0 Å². The maximum absolute atomic E-state index is 8.16. The van der Waals surface area contributed by atoms with Crippen molar-refractivity contribution in [2.75, 3.05) is 0 Å². The normalized spacial score (nSPS) is 10.4. The second-order valence-electron chi connectivity index (χ2n) is 8.25. The molecule has 0 heterocycles. The van der Waals surface area contributed by atoms with Gasteiger partial charge in [-0.1, -0.05) is 70.5 Å². The van der Waals surface area contributed by atoms with Crippen molar-refractivity contribution in [1.82, 2.24) is 0 Å². The van der Waals surface area contributed by atoms with Crippen LogP contribution in [0.5, 0.6) is 0 Å². The van der Waals surface area contributed by atoms with Gasteiger partial charge < -0.3 is 29.6 Å². The van der Waals surface area contributed by atoms with E-state index in [1.807, 2.05) is 13.1 Å². The first-order valence-corrected chi connectivity index (χ1v) is 11.9. The molecule has 29 heavy (non-hydrogen) atoms. The molecule has 1 nitrogen and oxygen atoms in total. The van der Waals surface area contributed by atoms with Crippen molar-refractivity contribution in [3.05, 3.63) is 65.2 Å². The monoisotopic (exact) mass is 524 g/mol. The Balaban J connectivity index is 0. The first-order valence-electron chi connectivity index (χ1n) is 9.42. The van der Waals surface area contributed by atoms with Crippen LogP contribution in [-0.4, -0.2) is 13.8 Å². The zero-order valence-electron chi connectivity index (χ0n) is 18.5. The third kappa shape index (κ3) is 8.38. The molecule has 0 aromatic heterocycles. The van der Waals surface area contributed by atoms with Crippen LogP contribution in [0.3, 0.4) is 0 Å². The van der Waals surface area contributed by atoms with Gasteiger partial charge in [0.25, 0.3) is 0 Å². The van der Waals surface area contributed by atoms with Crippen LogP contribution < -0.4 is 24.8 Å². The van der Waals surface area contributed by atoms with E-state index in [1.165, 1.54) is 38.6 Å². The Morgan fingerprint density at radius 3 is 1.93 bits per heavy atom. The molecule has 3 aromatic rings. The predicted octanol–water partition coefficient (Wildman–Crippen LogP) is 0.629. The summed E-state index contributed by atoms with van der Waals surface area (Å²) in [5, 5.41) is 2.79. The SMILES string of the molecule is CCc1cc2c(-c3ccc(C(C)(C)C)cc3)ccc(C)c2[cH-]1.C[Si](C)O.[Cl-].[Cl-].[Zr+3]. The topological polar surface area (TPSA) is 20.2 Å². The molecule has 0 amide bonds. The molecule has 0 aliphatic rings. The van der Waals surface area contributed by atoms with E-state index in [0.717, 1.165) is 6.42 Å². The molecule has 0 bridgehead atoms. The summed E-state index contributed by atoms with van der Waals surface area (Å²) in [7, 11) is -0.880. The van der Waals surface area contributed by atoms with E-state index in [4.69, 9.17) is 4.80 Å². The van der Waals surface area contributed by atoms with Crippen molar-refractivity contribution < 1.29 is 55.8 Å². The minimum Gasteiger partial charge on any atom is -1.00 e. The van der Waals surface area contributed by atoms with Gasteiger partial charge in [-0.15, -0.1) is 34.0 Å². The fraction of sp³-hybridized carbons (Fsp3) is 0.375. The molecular formula is C24H32Cl2OSiZr. The largest absolute Gasteiger partial charge is 3.00 e. The summed E-state index contributed by atoms with van der Waals surface area (Å²) in [6.07, 6.45) is 1.09. The molecule has 3 rings (SSSR count). The zero-order valence-corrected chi connectivity index (χ0v) is 23.5. The van der Waals surface area contributed by atoms with Crippen LogP contribution in [-0.2, 0) is 38.0 Å². The molecule has 0 aliphatic heterocycles. The number of hydrogen-bond donors (Lipinski definition) is 1. The Morgan fingerprint density at radius 2 is 1.48 bits per heavy atom. The number of fused-ring (bicyclic) bond motifs is 1. The smallest absolute Gasteiger partial charge is 1.00 e. The summed E-state index contributed by atoms with van der Waals surface area (Å²) < 4.78 is 0. The fourth-order valence-corrected chi connectivity index (χ4v) is 3.11. The van der Waals surface area contributed by atoms with E-state index in [-0.39, 0.29) is 56.4 Å². The van der Waals surface area contributed by atoms with Gasteiger partial charge in [-0.2, -0.15) is 6.07 Å². The Hall–Kier alpha value is -0.310. The van der Waals surface area contributed by atoms with Crippen LogP contribution in [0.25, 0.3) is 21.9 Å². The third-order valence-corrected chi connectivity index (χ3v) is 4.63. The molecule has 2 radical (unpaired) electrons. The molecule has 1 N–H and O–H groups in total. The minimum atomic E-state index is -0.880. The van der Waals surface area contributed by atoms with Gasteiger partial charge in [0.15, 0.2) is 9.04 Å². The van der Waals surface area contributed by atoms with E-state index >= 15 is 0 Å². The summed E-state index contributed by atoms with van der Waals surface area (Å²) in [6.45, 7) is 14.9. The quantitative estimate of drug-likeness (QED) is 0.384. The summed E-state index contributed by atoms with van der Waals surface area (Å²) in [6, 6.07) is 18.3. The van der Waals surface area contributed by atoms with E-state index in [1.54, 1.807) is 0 Å². The predicted molar refractivity (Wildman–Crippen MR) is 117 cm³/mol. The zero-order chi connectivity index (χ0) is 19.5. The molecule has 0 saturated heterocycles. The molecule has 0 unspecified atom stereocenters. The molecule has 0 fully saturated rings. The van der Waals surface area contributed by atoms with Gasteiger partial charge in [-0.3, -0.25) is 0 Å². The molecular weight excluding hydrogens is 494 g/mol. The number of benzene rings is 2. The number of hydrogen-bond acceptors (Lipinski definition) is 1. The first-order chi connectivity index (χ1) is 12.1. The Labute approximate surface area is 210 Å². The van der Waals surface area contributed by atoms with Crippen molar-refractivity contribution in [3.8, 4) is 11.1 Å². The first kappa shape index (κ1) is 30.9. The van der Waals surface area contributed by atoms with E-state index < -0.39 is 9.04 Å². The Bertz CT molecular complexity index is 862. The molecule has 0 atom stereocenters. The van der Waals surface area contributed by atoms with Crippen molar-refractivity contribution >= 4 is 19.8 Å². The van der Waals surface area contributed by atoms with Crippen LogP contribution >= 0.6 is 0 Å². The van der Waals surface area contributed by atoms with Gasteiger partial charge in [0, 0.05) is 0 Å². The van der Waals surface area contributed by atoms with Crippen LogP contribution in [0.15, 0.2) is 48.5 Å². The molecule has 0 aliphatic carbocycles. The molecule has 5 heteroatoms. The van der Waals surface area contributed by atoms with Gasteiger partial charge in [-0.05, 0) is 36.1 Å². The van der Waals surface area contributed by atoms with Crippen LogP contribution in [0.4, 0.5) is 0 Å². The van der Waals surface area contributed by atoms with E-state index in [2.05, 4.69) is 83.1 Å². The van der Waals surface area contributed by atoms with Crippen molar-refractivity contribution in [2.24, 2.45) is 0 Å². The molecule has 3 aromatic carbocycles. The second kappa shape index (κ2) is 13.2. The summed E-state index contributed by atoms with van der Waals surface area (Å²) >= 11 is 0. The van der Waals surface area contributed by atoms with Gasteiger partial charge in [0.05, 0.1) is 0 Å². The second-order valence-corrected chi connectivity index (χ2v) is 10.1. The molecule has 0 spiro atoms. The van der Waals surface area contributed by atoms with Crippen LogP contribution in [0.1, 0.15) is 44.4 Å². The fourth-order valence-electron chi connectivity index (χ4n) is 3.11. The van der Waals surface area contributed by atoms with Crippen LogP contribution in [0.2, 0.25) is 13.1 Å². The maximum Gasteiger partial charge on any atom is 3.00 e.